The zero-order valence-electron chi connectivity index (χ0n) is 14.5. The molecule has 1 aromatic carbocycles. The molecule has 8 heteroatoms. The van der Waals surface area contributed by atoms with E-state index >= 15 is 0 Å². The number of hydrogen-bond donors (Lipinski definition) is 1. The molecule has 0 saturated carbocycles. The van der Waals surface area contributed by atoms with Crippen LogP contribution < -0.4 is 5.32 Å². The summed E-state index contributed by atoms with van der Waals surface area (Å²) < 4.78 is 3.45. The monoisotopic (exact) mass is 339 g/mol. The van der Waals surface area contributed by atoms with Gasteiger partial charge in [-0.3, -0.25) is 14.0 Å². The predicted octanol–water partition coefficient (Wildman–Crippen LogP) is 1.91. The van der Waals surface area contributed by atoms with Gasteiger partial charge in [0, 0.05) is 18.3 Å². The average Bonchev–Trinajstić information content (AvgIpc) is 3.25. The van der Waals surface area contributed by atoms with Crippen molar-refractivity contribution in [2.24, 2.45) is 13.0 Å². The standard InChI is InChI=1S/C17H21N7O/c1-12(2)7-15(16-18-9-21-23(16)3)22-17(25)13-5-4-6-14(8-13)24-10-19-20-11-24/h4-6,8-12,15H,7H2,1-3H3,(H,22,25)/t15-/m0/s1. The molecule has 1 N–H and O–H groups in total. The van der Waals surface area contributed by atoms with Crippen molar-refractivity contribution in [1.82, 2.24) is 34.8 Å². The molecular formula is C17H21N7O. The number of nitrogens with one attached hydrogen (secondary N) is 1. The first-order chi connectivity index (χ1) is 12.0. The Bertz CT molecular complexity index is 838. The molecule has 1 amide bonds. The van der Waals surface area contributed by atoms with Crippen LogP contribution >= 0.6 is 0 Å². The Morgan fingerprint density at radius 1 is 1.24 bits per heavy atom. The maximum Gasteiger partial charge on any atom is 0.251 e. The predicted molar refractivity (Wildman–Crippen MR) is 92.0 cm³/mol. The molecule has 2 aromatic heterocycles. The maximum atomic E-state index is 12.8. The van der Waals surface area contributed by atoms with E-state index in [1.807, 2.05) is 25.2 Å². The van der Waals surface area contributed by atoms with E-state index in [-0.39, 0.29) is 11.9 Å². The van der Waals surface area contributed by atoms with Crippen molar-refractivity contribution in [3.8, 4) is 5.69 Å². The van der Waals surface area contributed by atoms with Crippen molar-refractivity contribution in [3.63, 3.8) is 0 Å². The SMILES string of the molecule is CC(C)C[C@H](NC(=O)c1cccc(-n2cnnc2)c1)c1ncnn1C. The second kappa shape index (κ2) is 7.25. The fourth-order valence-corrected chi connectivity index (χ4v) is 2.70. The first kappa shape index (κ1) is 16.8. The second-order valence-electron chi connectivity index (χ2n) is 6.32. The number of amides is 1. The van der Waals surface area contributed by atoms with Crippen LogP contribution in [0.4, 0.5) is 0 Å². The lowest BCUT2D eigenvalue weighted by Gasteiger charge is -2.20. The molecule has 0 aliphatic heterocycles. The van der Waals surface area contributed by atoms with Crippen LogP contribution in [0.15, 0.2) is 43.2 Å². The number of benzene rings is 1. The van der Waals surface area contributed by atoms with Crippen LogP contribution in [0.25, 0.3) is 5.69 Å². The van der Waals surface area contributed by atoms with Crippen molar-refractivity contribution < 1.29 is 4.79 Å². The number of aryl methyl sites for hydroxylation is 1. The van der Waals surface area contributed by atoms with Crippen molar-refractivity contribution in [2.45, 2.75) is 26.3 Å². The van der Waals surface area contributed by atoms with Gasteiger partial charge in [0.05, 0.1) is 6.04 Å². The Hall–Kier alpha value is -3.03. The normalized spacial score (nSPS) is 12.3. The third kappa shape index (κ3) is 3.90. The summed E-state index contributed by atoms with van der Waals surface area (Å²) in [4.78, 5) is 17.0. The van der Waals surface area contributed by atoms with Crippen LogP contribution in [0, 0.1) is 5.92 Å². The van der Waals surface area contributed by atoms with E-state index in [1.54, 1.807) is 28.0 Å². The minimum absolute atomic E-state index is 0.149. The Morgan fingerprint density at radius 3 is 2.64 bits per heavy atom. The van der Waals surface area contributed by atoms with Gasteiger partial charge in [0.1, 0.15) is 24.8 Å². The summed E-state index contributed by atoms with van der Waals surface area (Å²) in [6.07, 6.45) is 5.47. The first-order valence-electron chi connectivity index (χ1n) is 8.14. The van der Waals surface area contributed by atoms with Crippen LogP contribution in [-0.4, -0.2) is 35.4 Å². The van der Waals surface area contributed by atoms with Gasteiger partial charge in [0.2, 0.25) is 0 Å². The maximum absolute atomic E-state index is 12.8. The van der Waals surface area contributed by atoms with Gasteiger partial charge in [-0.1, -0.05) is 19.9 Å². The molecule has 0 saturated heterocycles. The van der Waals surface area contributed by atoms with Crippen LogP contribution in [0.5, 0.6) is 0 Å². The lowest BCUT2D eigenvalue weighted by Crippen LogP contribution is -2.31. The number of nitrogens with zero attached hydrogens (tertiary/aromatic N) is 6. The zero-order chi connectivity index (χ0) is 17.8. The topological polar surface area (TPSA) is 90.5 Å². The van der Waals surface area contributed by atoms with E-state index in [0.717, 1.165) is 17.9 Å². The first-order valence-corrected chi connectivity index (χ1v) is 8.14. The van der Waals surface area contributed by atoms with Gasteiger partial charge in [-0.25, -0.2) is 4.98 Å². The molecule has 0 unspecified atom stereocenters. The summed E-state index contributed by atoms with van der Waals surface area (Å²) >= 11 is 0. The molecule has 0 aliphatic rings. The van der Waals surface area contributed by atoms with Gasteiger partial charge in [-0.15, -0.1) is 10.2 Å². The molecule has 0 aliphatic carbocycles. The second-order valence-corrected chi connectivity index (χ2v) is 6.32. The van der Waals surface area contributed by atoms with Gasteiger partial charge in [-0.2, -0.15) is 5.10 Å². The summed E-state index contributed by atoms with van der Waals surface area (Å²) in [6.45, 7) is 4.23. The summed E-state index contributed by atoms with van der Waals surface area (Å²) in [7, 11) is 1.83. The van der Waals surface area contributed by atoms with Crippen LogP contribution in [0.3, 0.4) is 0 Å². The van der Waals surface area contributed by atoms with Crippen molar-refractivity contribution in [3.05, 3.63) is 54.6 Å². The summed E-state index contributed by atoms with van der Waals surface area (Å²) in [5.41, 5.74) is 1.40. The van der Waals surface area contributed by atoms with Crippen molar-refractivity contribution in [1.29, 1.82) is 0 Å². The summed E-state index contributed by atoms with van der Waals surface area (Å²) in [5, 5.41) is 14.8. The molecule has 3 rings (SSSR count). The molecular weight excluding hydrogens is 318 g/mol. The van der Waals surface area contributed by atoms with Crippen molar-refractivity contribution in [2.75, 3.05) is 0 Å². The minimum atomic E-state index is -0.196. The van der Waals surface area contributed by atoms with Crippen LogP contribution in [0.1, 0.15) is 42.5 Å². The Morgan fingerprint density at radius 2 is 2.00 bits per heavy atom. The number of carbonyl (C=O) groups is 1. The van der Waals surface area contributed by atoms with E-state index in [4.69, 9.17) is 0 Å². The summed E-state index contributed by atoms with van der Waals surface area (Å²) in [5.74, 6) is 1.01. The van der Waals surface area contributed by atoms with E-state index in [1.165, 1.54) is 6.33 Å². The molecule has 0 bridgehead atoms. The number of rotatable bonds is 6. The highest BCUT2D eigenvalue weighted by molar-refractivity contribution is 5.94. The molecule has 0 fully saturated rings. The Labute approximate surface area is 145 Å². The fourth-order valence-electron chi connectivity index (χ4n) is 2.70. The fraction of sp³-hybridized carbons (Fsp3) is 0.353. The van der Waals surface area contributed by atoms with E-state index < -0.39 is 0 Å². The molecule has 0 radical (unpaired) electrons. The molecule has 25 heavy (non-hydrogen) atoms. The third-order valence-electron chi connectivity index (χ3n) is 3.90. The minimum Gasteiger partial charge on any atom is -0.342 e. The highest BCUT2D eigenvalue weighted by atomic mass is 16.1. The van der Waals surface area contributed by atoms with Gasteiger partial charge >= 0.3 is 0 Å². The van der Waals surface area contributed by atoms with E-state index in [2.05, 4.69) is 39.4 Å². The molecule has 3 aromatic rings. The van der Waals surface area contributed by atoms with Gasteiger partial charge < -0.3 is 5.32 Å². The highest BCUT2D eigenvalue weighted by Crippen LogP contribution is 2.20. The molecule has 2 heterocycles. The third-order valence-corrected chi connectivity index (χ3v) is 3.90. The Balaban J connectivity index is 1.82. The van der Waals surface area contributed by atoms with Crippen LogP contribution in [0.2, 0.25) is 0 Å². The highest BCUT2D eigenvalue weighted by Gasteiger charge is 2.21. The average molecular weight is 339 g/mol. The summed E-state index contributed by atoms with van der Waals surface area (Å²) in [6, 6.07) is 7.13. The molecule has 8 nitrogen and oxygen atoms in total. The quantitative estimate of drug-likeness (QED) is 0.741. The molecule has 1 atom stereocenters. The number of aromatic nitrogens is 6. The van der Waals surface area contributed by atoms with Gasteiger partial charge in [0.25, 0.3) is 5.91 Å². The number of hydrogen-bond acceptors (Lipinski definition) is 5. The smallest absolute Gasteiger partial charge is 0.251 e. The van der Waals surface area contributed by atoms with Crippen LogP contribution in [-0.2, 0) is 7.05 Å². The number of carbonyl (C=O) groups excluding carboxylic acids is 1. The molecule has 0 spiro atoms. The molecule has 130 valence electrons. The van der Waals surface area contributed by atoms with Gasteiger partial charge in [-0.05, 0) is 30.5 Å². The largest absolute Gasteiger partial charge is 0.342 e. The van der Waals surface area contributed by atoms with Gasteiger partial charge in [0.15, 0.2) is 0 Å². The van der Waals surface area contributed by atoms with E-state index in [0.29, 0.717) is 11.5 Å². The zero-order valence-corrected chi connectivity index (χ0v) is 14.5. The Kier molecular flexibility index (Phi) is 4.87. The van der Waals surface area contributed by atoms with E-state index in [9.17, 15) is 4.79 Å². The lowest BCUT2D eigenvalue weighted by atomic mass is 10.0. The lowest BCUT2D eigenvalue weighted by molar-refractivity contribution is 0.0929. The van der Waals surface area contributed by atoms with Crippen molar-refractivity contribution >= 4 is 5.91 Å².